The maximum Gasteiger partial charge on any atom is 0.0426 e. The van der Waals surface area contributed by atoms with E-state index in [2.05, 4.69) is 29.4 Å². The van der Waals surface area contributed by atoms with Crippen molar-refractivity contribution < 1.29 is 0 Å². The lowest BCUT2D eigenvalue weighted by molar-refractivity contribution is 0.648. The van der Waals surface area contributed by atoms with Crippen LogP contribution in [0.15, 0.2) is 18.2 Å². The van der Waals surface area contributed by atoms with Gasteiger partial charge in [0.25, 0.3) is 0 Å². The molecular weight excluding hydrogens is 232 g/mol. The molecule has 94 valence electrons. The first-order valence-electron chi connectivity index (χ1n) is 6.38. The highest BCUT2D eigenvalue weighted by atomic mass is 35.5. The highest BCUT2D eigenvalue weighted by Gasteiger charge is 2.21. The van der Waals surface area contributed by atoms with Gasteiger partial charge in [0, 0.05) is 30.3 Å². The molecule has 0 aliphatic heterocycles. The predicted molar refractivity (Wildman–Crippen MR) is 74.9 cm³/mol. The molecule has 2 rings (SSSR count). The van der Waals surface area contributed by atoms with Crippen molar-refractivity contribution in [2.45, 2.75) is 38.3 Å². The first kappa shape index (κ1) is 12.7. The van der Waals surface area contributed by atoms with Gasteiger partial charge in [0.15, 0.2) is 0 Å². The third kappa shape index (κ3) is 2.93. The highest BCUT2D eigenvalue weighted by molar-refractivity contribution is 6.30. The van der Waals surface area contributed by atoms with Gasteiger partial charge < -0.3 is 10.2 Å². The molecule has 2 nitrogen and oxygen atoms in total. The summed E-state index contributed by atoms with van der Waals surface area (Å²) in [6.45, 7) is 0.892. The van der Waals surface area contributed by atoms with Crippen molar-refractivity contribution in [3.05, 3.63) is 28.8 Å². The van der Waals surface area contributed by atoms with Crippen LogP contribution in [0.5, 0.6) is 0 Å². The summed E-state index contributed by atoms with van der Waals surface area (Å²) in [6.07, 6.45) is 5.33. The number of nitrogens with one attached hydrogen (secondary N) is 1. The normalized spacial score (nSPS) is 16.4. The van der Waals surface area contributed by atoms with Gasteiger partial charge in [0.05, 0.1) is 0 Å². The first-order chi connectivity index (χ1) is 8.22. The van der Waals surface area contributed by atoms with E-state index in [1.807, 2.05) is 13.1 Å². The molecular formula is C14H21ClN2. The Kier molecular flexibility index (Phi) is 4.30. The maximum absolute atomic E-state index is 6.12. The lowest BCUT2D eigenvalue weighted by Gasteiger charge is -2.29. The van der Waals surface area contributed by atoms with Gasteiger partial charge in [-0.1, -0.05) is 30.5 Å². The number of anilines is 1. The Balaban J connectivity index is 2.24. The predicted octanol–water partition coefficient (Wildman–Crippen LogP) is 3.44. The summed E-state index contributed by atoms with van der Waals surface area (Å²) in [6, 6.07) is 6.87. The first-order valence-corrected chi connectivity index (χ1v) is 6.76. The van der Waals surface area contributed by atoms with Crippen LogP contribution in [-0.2, 0) is 6.54 Å². The van der Waals surface area contributed by atoms with Crippen molar-refractivity contribution in [3.8, 4) is 0 Å². The molecule has 1 aromatic rings. The Labute approximate surface area is 109 Å². The molecule has 1 aliphatic carbocycles. The summed E-state index contributed by atoms with van der Waals surface area (Å²) in [5.41, 5.74) is 2.60. The molecule has 1 fully saturated rings. The fourth-order valence-electron chi connectivity index (χ4n) is 2.69. The van der Waals surface area contributed by atoms with Crippen LogP contribution in [-0.4, -0.2) is 20.1 Å². The number of rotatable bonds is 4. The van der Waals surface area contributed by atoms with Crippen LogP contribution in [0.4, 0.5) is 5.69 Å². The van der Waals surface area contributed by atoms with Gasteiger partial charge in [0.1, 0.15) is 0 Å². The van der Waals surface area contributed by atoms with Crippen molar-refractivity contribution >= 4 is 17.3 Å². The zero-order chi connectivity index (χ0) is 12.3. The van der Waals surface area contributed by atoms with E-state index in [4.69, 9.17) is 11.6 Å². The Morgan fingerprint density at radius 2 is 2.06 bits per heavy atom. The number of benzene rings is 1. The van der Waals surface area contributed by atoms with Crippen LogP contribution in [0.25, 0.3) is 0 Å². The zero-order valence-corrected chi connectivity index (χ0v) is 11.4. The van der Waals surface area contributed by atoms with Crippen LogP contribution < -0.4 is 10.2 Å². The third-order valence-electron chi connectivity index (χ3n) is 3.67. The lowest BCUT2D eigenvalue weighted by Crippen LogP contribution is -2.30. The molecule has 0 heterocycles. The molecule has 0 unspecified atom stereocenters. The molecule has 1 aromatic carbocycles. The molecule has 0 amide bonds. The standard InChI is InChI=1S/C14H21ClN2/c1-16-10-11-7-8-12(15)9-14(11)17(2)13-5-3-4-6-13/h7-9,13,16H,3-6,10H2,1-2H3. The van der Waals surface area contributed by atoms with Gasteiger partial charge in [-0.25, -0.2) is 0 Å². The molecule has 0 atom stereocenters. The second-order valence-electron chi connectivity index (χ2n) is 4.85. The quantitative estimate of drug-likeness (QED) is 0.883. The van der Waals surface area contributed by atoms with Crippen molar-refractivity contribution in [1.82, 2.24) is 5.32 Å². The van der Waals surface area contributed by atoms with Gasteiger partial charge in [0.2, 0.25) is 0 Å². The Bertz CT molecular complexity index is 372. The van der Waals surface area contributed by atoms with Crippen LogP contribution in [0.2, 0.25) is 5.02 Å². The van der Waals surface area contributed by atoms with Crippen molar-refractivity contribution in [3.63, 3.8) is 0 Å². The van der Waals surface area contributed by atoms with Crippen LogP contribution in [0, 0.1) is 0 Å². The van der Waals surface area contributed by atoms with E-state index in [1.165, 1.54) is 36.9 Å². The van der Waals surface area contributed by atoms with Gasteiger partial charge in [-0.2, -0.15) is 0 Å². The Morgan fingerprint density at radius 3 is 2.71 bits per heavy atom. The van der Waals surface area contributed by atoms with Crippen molar-refractivity contribution in [2.75, 3.05) is 19.0 Å². The second-order valence-corrected chi connectivity index (χ2v) is 5.29. The topological polar surface area (TPSA) is 15.3 Å². The molecule has 1 saturated carbocycles. The maximum atomic E-state index is 6.12. The van der Waals surface area contributed by atoms with E-state index in [1.54, 1.807) is 0 Å². The fourth-order valence-corrected chi connectivity index (χ4v) is 2.86. The van der Waals surface area contributed by atoms with E-state index in [9.17, 15) is 0 Å². The largest absolute Gasteiger partial charge is 0.371 e. The SMILES string of the molecule is CNCc1ccc(Cl)cc1N(C)C1CCCC1. The summed E-state index contributed by atoms with van der Waals surface area (Å²) in [5.74, 6) is 0. The summed E-state index contributed by atoms with van der Waals surface area (Å²) in [4.78, 5) is 2.41. The van der Waals surface area contributed by atoms with E-state index in [-0.39, 0.29) is 0 Å². The fraction of sp³-hybridized carbons (Fsp3) is 0.571. The summed E-state index contributed by atoms with van der Waals surface area (Å²) in [7, 11) is 4.18. The molecule has 0 aromatic heterocycles. The second kappa shape index (κ2) is 5.74. The summed E-state index contributed by atoms with van der Waals surface area (Å²) in [5, 5.41) is 4.04. The number of halogens is 1. The average Bonchev–Trinajstić information content (AvgIpc) is 2.84. The van der Waals surface area contributed by atoms with Crippen LogP contribution in [0.3, 0.4) is 0 Å². The minimum absolute atomic E-state index is 0.684. The molecule has 3 heteroatoms. The summed E-state index contributed by atoms with van der Waals surface area (Å²) < 4.78 is 0. The average molecular weight is 253 g/mol. The van der Waals surface area contributed by atoms with E-state index in [0.717, 1.165) is 11.6 Å². The minimum atomic E-state index is 0.684. The Hall–Kier alpha value is -0.730. The van der Waals surface area contributed by atoms with Gasteiger partial charge >= 0.3 is 0 Å². The van der Waals surface area contributed by atoms with Gasteiger partial charge in [-0.3, -0.25) is 0 Å². The number of hydrogen-bond acceptors (Lipinski definition) is 2. The highest BCUT2D eigenvalue weighted by Crippen LogP contribution is 2.31. The molecule has 0 radical (unpaired) electrons. The van der Waals surface area contributed by atoms with E-state index >= 15 is 0 Å². The van der Waals surface area contributed by atoms with E-state index in [0.29, 0.717) is 6.04 Å². The molecule has 0 saturated heterocycles. The number of hydrogen-bond donors (Lipinski definition) is 1. The van der Waals surface area contributed by atoms with Crippen molar-refractivity contribution in [1.29, 1.82) is 0 Å². The molecule has 17 heavy (non-hydrogen) atoms. The number of nitrogens with zero attached hydrogens (tertiary/aromatic N) is 1. The minimum Gasteiger partial charge on any atom is -0.371 e. The summed E-state index contributed by atoms with van der Waals surface area (Å²) >= 11 is 6.12. The monoisotopic (exact) mass is 252 g/mol. The molecule has 1 N–H and O–H groups in total. The third-order valence-corrected chi connectivity index (χ3v) is 3.90. The lowest BCUT2D eigenvalue weighted by atomic mass is 10.1. The Morgan fingerprint density at radius 1 is 1.35 bits per heavy atom. The molecule has 0 spiro atoms. The van der Waals surface area contributed by atoms with Crippen molar-refractivity contribution in [2.24, 2.45) is 0 Å². The van der Waals surface area contributed by atoms with Crippen LogP contribution >= 0.6 is 11.6 Å². The molecule has 1 aliphatic rings. The van der Waals surface area contributed by atoms with E-state index < -0.39 is 0 Å². The smallest absolute Gasteiger partial charge is 0.0426 e. The van der Waals surface area contributed by atoms with Crippen LogP contribution in [0.1, 0.15) is 31.2 Å². The van der Waals surface area contributed by atoms with Gasteiger partial charge in [-0.05, 0) is 37.6 Å². The van der Waals surface area contributed by atoms with Gasteiger partial charge in [-0.15, -0.1) is 0 Å². The molecule has 0 bridgehead atoms. The zero-order valence-electron chi connectivity index (χ0n) is 10.7.